The number of allylic oxidation sites excluding steroid dienone is 1. The first-order valence-electron chi connectivity index (χ1n) is 21.3. The molecule has 0 saturated heterocycles. The smallest absolute Gasteiger partial charge is 0.239 e. The Morgan fingerprint density at radius 3 is 2.59 bits per heavy atom. The molecule has 2 aromatic rings. The van der Waals surface area contributed by atoms with Gasteiger partial charge in [0.05, 0.1) is 23.9 Å². The average Bonchev–Trinajstić information content (AvgIpc) is 3.73. The number of hydrogen-bond acceptors (Lipinski definition) is 9. The first-order chi connectivity index (χ1) is 27.4. The van der Waals surface area contributed by atoms with Gasteiger partial charge in [0, 0.05) is 49.8 Å². The zero-order valence-corrected chi connectivity index (χ0v) is 34.0. The highest BCUT2D eigenvalue weighted by atomic mass is 16.7. The first-order valence-corrected chi connectivity index (χ1v) is 21.3. The number of nitrogens with zero attached hydrogens (tertiary/aromatic N) is 3. The molecule has 2 heterocycles. The summed E-state index contributed by atoms with van der Waals surface area (Å²) in [5, 5.41) is 24.4. The molecular formula is C46H65N3O7. The van der Waals surface area contributed by atoms with Crippen molar-refractivity contribution in [3.63, 3.8) is 0 Å². The van der Waals surface area contributed by atoms with Crippen LogP contribution >= 0.6 is 0 Å². The number of aliphatic hydroxyl groups is 2. The molecule has 1 aliphatic heterocycles. The Bertz CT molecular complexity index is 1670. The van der Waals surface area contributed by atoms with E-state index in [0.29, 0.717) is 38.3 Å². The van der Waals surface area contributed by atoms with Crippen molar-refractivity contribution in [1.82, 2.24) is 9.88 Å². The highest BCUT2D eigenvalue weighted by Crippen LogP contribution is 2.62. The van der Waals surface area contributed by atoms with Gasteiger partial charge in [0.2, 0.25) is 11.7 Å². The van der Waals surface area contributed by atoms with Gasteiger partial charge in [-0.05, 0) is 99.1 Å². The van der Waals surface area contributed by atoms with Crippen LogP contribution in [0.4, 0.5) is 0 Å². The van der Waals surface area contributed by atoms with Gasteiger partial charge in [-0.25, -0.2) is 0 Å². The van der Waals surface area contributed by atoms with E-state index in [-0.39, 0.29) is 49.4 Å². The largest absolute Gasteiger partial charge is 0.487 e. The summed E-state index contributed by atoms with van der Waals surface area (Å²) < 4.78 is 20.9. The highest BCUT2D eigenvalue weighted by molar-refractivity contribution is 6.03. The van der Waals surface area contributed by atoms with Crippen molar-refractivity contribution in [3.8, 4) is 11.5 Å². The van der Waals surface area contributed by atoms with Crippen molar-refractivity contribution in [1.29, 1.82) is 0 Å². The Morgan fingerprint density at radius 1 is 1.09 bits per heavy atom. The summed E-state index contributed by atoms with van der Waals surface area (Å²) in [6.07, 6.45) is 16.6. The number of benzene rings is 1. The Morgan fingerprint density at radius 2 is 1.88 bits per heavy atom. The summed E-state index contributed by atoms with van der Waals surface area (Å²) in [6, 6.07) is 11.6. The fraction of sp³-hybridized carbons (Fsp3) is 0.630. The van der Waals surface area contributed by atoms with Gasteiger partial charge in [0.15, 0.2) is 0 Å². The van der Waals surface area contributed by atoms with Crippen LogP contribution in [0.3, 0.4) is 0 Å². The molecule has 6 atom stereocenters. The number of aliphatic hydroxyl groups excluding tert-OH is 2. The second-order valence-corrected chi connectivity index (χ2v) is 16.3. The molecule has 2 N–H and O–H groups in total. The monoisotopic (exact) mass is 771 g/mol. The second-order valence-electron chi connectivity index (χ2n) is 16.3. The van der Waals surface area contributed by atoms with Crippen molar-refractivity contribution in [2.45, 2.75) is 128 Å². The van der Waals surface area contributed by atoms with E-state index in [9.17, 15) is 15.0 Å². The van der Waals surface area contributed by atoms with Crippen molar-refractivity contribution in [3.05, 3.63) is 77.7 Å². The highest BCUT2D eigenvalue weighted by Gasteiger charge is 2.65. The number of aryl methyl sites for hydroxylation is 1. The maximum atomic E-state index is 14.6. The van der Waals surface area contributed by atoms with E-state index in [1.165, 1.54) is 25.7 Å². The number of carbonyl (C=O) groups is 1. The summed E-state index contributed by atoms with van der Waals surface area (Å²) in [6.45, 7) is 9.58. The molecule has 0 spiro atoms. The van der Waals surface area contributed by atoms with Crippen LogP contribution in [0.15, 0.2) is 65.9 Å². The topological polar surface area (TPSA) is 123 Å². The molecule has 2 fully saturated rings. The number of pyridine rings is 1. The third kappa shape index (κ3) is 9.35. The minimum Gasteiger partial charge on any atom is -0.487 e. The molecule has 0 bridgehead atoms. The van der Waals surface area contributed by atoms with Crippen LogP contribution in [0.5, 0.6) is 11.5 Å². The molecule has 4 aliphatic rings. The van der Waals surface area contributed by atoms with Crippen LogP contribution in [-0.2, 0) is 21.0 Å². The zero-order valence-electron chi connectivity index (χ0n) is 34.0. The predicted molar refractivity (Wildman–Crippen MR) is 218 cm³/mol. The van der Waals surface area contributed by atoms with E-state index >= 15 is 0 Å². The zero-order chi connectivity index (χ0) is 39.5. The van der Waals surface area contributed by atoms with Crippen LogP contribution < -0.4 is 9.47 Å². The van der Waals surface area contributed by atoms with E-state index in [1.54, 1.807) is 13.2 Å². The number of fused-ring (bicyclic) bond motifs is 2. The number of rotatable bonds is 21. The lowest BCUT2D eigenvalue weighted by Crippen LogP contribution is -2.70. The molecule has 306 valence electrons. The van der Waals surface area contributed by atoms with E-state index in [0.717, 1.165) is 84.7 Å². The number of oxime groups is 1. The quantitative estimate of drug-likeness (QED) is 0.0737. The summed E-state index contributed by atoms with van der Waals surface area (Å²) in [4.78, 5) is 26.9. The van der Waals surface area contributed by atoms with Gasteiger partial charge in [-0.1, -0.05) is 68.8 Å². The fourth-order valence-electron chi connectivity index (χ4n) is 10.2. The predicted octanol–water partition coefficient (Wildman–Crippen LogP) is 8.44. The Kier molecular flexibility index (Phi) is 15.0. The van der Waals surface area contributed by atoms with E-state index < -0.39 is 11.8 Å². The van der Waals surface area contributed by atoms with Gasteiger partial charge in [-0.2, -0.15) is 0 Å². The maximum Gasteiger partial charge on any atom is 0.239 e. The van der Waals surface area contributed by atoms with Gasteiger partial charge >= 0.3 is 0 Å². The van der Waals surface area contributed by atoms with Gasteiger partial charge < -0.3 is 34.2 Å². The van der Waals surface area contributed by atoms with Crippen LogP contribution in [0.2, 0.25) is 0 Å². The first kappa shape index (κ1) is 41.9. The second kappa shape index (κ2) is 20.1. The average molecular weight is 772 g/mol. The van der Waals surface area contributed by atoms with E-state index in [4.69, 9.17) is 24.2 Å². The SMILES string of the molecule is C=CCOC12Oc3ccc(OCc4cccc(C)n4)cc3C3C(CCCCO)C(CCCCO)C=C(C(=NOC)CC1N(CCC)C(=O)CCC1CCCC1)C32. The molecule has 2 saturated carbocycles. The number of hydrogen-bond donors (Lipinski definition) is 2. The molecule has 1 aromatic carbocycles. The molecule has 1 amide bonds. The molecule has 10 heteroatoms. The van der Waals surface area contributed by atoms with Crippen molar-refractivity contribution in [2.24, 2.45) is 28.8 Å². The van der Waals surface area contributed by atoms with Crippen LogP contribution in [0, 0.1) is 30.6 Å². The fourth-order valence-corrected chi connectivity index (χ4v) is 10.2. The van der Waals surface area contributed by atoms with Crippen molar-refractivity contribution in [2.75, 3.05) is 33.5 Å². The standard InChI is InChI=1S/C46H65N3O7/c1-5-24-49(43(52)23-20-33-15-7-8-16-33)42-30-40(48-53-4)38-28-34(17-9-11-25-50)37(19-10-12-26-51)44-39-29-36(54-31-35-18-13-14-32(3)47-35)21-22-41(39)56-46(42,45(38)44)55-27-6-2/h6,13-14,18,21-22,28-29,33-34,37,42,44-45,50-51H,2,5,7-12,15-17,19-20,23-27,30-31H2,1,3-4H3. The number of unbranched alkanes of at least 4 members (excludes halogenated alkanes) is 2. The van der Waals surface area contributed by atoms with E-state index in [1.807, 2.05) is 42.2 Å². The molecule has 6 unspecified atom stereocenters. The third-order valence-electron chi connectivity index (χ3n) is 12.6. The number of carbonyl (C=O) groups excluding carboxylic acids is 1. The molecule has 6 rings (SSSR count). The van der Waals surface area contributed by atoms with Crippen molar-refractivity contribution < 1.29 is 34.1 Å². The molecule has 10 nitrogen and oxygen atoms in total. The normalized spacial score (nSPS) is 26.2. The Hall–Kier alpha value is -3.73. The lowest BCUT2D eigenvalue weighted by molar-refractivity contribution is -0.257. The molecule has 0 radical (unpaired) electrons. The number of ether oxygens (including phenoxy) is 3. The molecular weight excluding hydrogens is 707 g/mol. The Balaban J connectivity index is 1.50. The maximum absolute atomic E-state index is 14.6. The molecule has 56 heavy (non-hydrogen) atoms. The number of aromatic nitrogens is 1. The van der Waals surface area contributed by atoms with E-state index in [2.05, 4.69) is 30.6 Å². The minimum absolute atomic E-state index is 0.0936. The minimum atomic E-state index is -1.23. The lowest BCUT2D eigenvalue weighted by Gasteiger charge is -2.60. The third-order valence-corrected chi connectivity index (χ3v) is 12.6. The van der Waals surface area contributed by atoms with Gasteiger partial charge in [0.25, 0.3) is 0 Å². The lowest BCUT2D eigenvalue weighted by atomic mass is 9.55. The van der Waals surface area contributed by atoms with Gasteiger partial charge in [0.1, 0.15) is 31.3 Å². The summed E-state index contributed by atoms with van der Waals surface area (Å²) >= 11 is 0. The molecule has 3 aliphatic carbocycles. The molecule has 1 aromatic heterocycles. The summed E-state index contributed by atoms with van der Waals surface area (Å²) in [5.74, 6) is 0.844. The van der Waals surface area contributed by atoms with Crippen LogP contribution in [-0.4, -0.2) is 77.0 Å². The van der Waals surface area contributed by atoms with Gasteiger partial charge in [-0.3, -0.25) is 9.78 Å². The van der Waals surface area contributed by atoms with Crippen LogP contribution in [0.1, 0.15) is 120 Å². The summed E-state index contributed by atoms with van der Waals surface area (Å²) in [7, 11) is 1.59. The Labute approximate surface area is 334 Å². The summed E-state index contributed by atoms with van der Waals surface area (Å²) in [5.41, 5.74) is 4.70. The van der Waals surface area contributed by atoms with Gasteiger partial charge in [-0.15, -0.1) is 6.58 Å². The number of amides is 1. The van der Waals surface area contributed by atoms with Crippen molar-refractivity contribution >= 4 is 11.6 Å². The van der Waals surface area contributed by atoms with Crippen LogP contribution in [0.25, 0.3) is 0 Å².